The number of hydrogen-bond donors (Lipinski definition) is 1. The van der Waals surface area contributed by atoms with Gasteiger partial charge in [-0.25, -0.2) is 13.6 Å². The molecule has 0 aliphatic carbocycles. The number of rotatable bonds is 3. The largest absolute Gasteiger partial charge is 0.231 e. The normalized spacial score (nSPS) is 11.8. The van der Waals surface area contributed by atoms with Gasteiger partial charge in [-0.2, -0.15) is 0 Å². The molecule has 0 bridgehead atoms. The number of primary sulfonamides is 1. The highest BCUT2D eigenvalue weighted by Crippen LogP contribution is 2.19. The second-order valence-corrected chi connectivity index (χ2v) is 5.33. The van der Waals surface area contributed by atoms with Crippen LogP contribution in [0.5, 0.6) is 0 Å². The van der Waals surface area contributed by atoms with Crippen LogP contribution in [0.1, 0.15) is 5.56 Å². The molecule has 92 valence electrons. The molecule has 0 radical (unpaired) electrons. The van der Waals surface area contributed by atoms with E-state index in [0.29, 0.717) is 0 Å². The van der Waals surface area contributed by atoms with Crippen molar-refractivity contribution < 1.29 is 8.42 Å². The number of sulfonamides is 1. The third-order valence-corrected chi connectivity index (χ3v) is 2.98. The monoisotopic (exact) mass is 259 g/mol. The van der Waals surface area contributed by atoms with Gasteiger partial charge in [0.2, 0.25) is 10.0 Å². The van der Waals surface area contributed by atoms with Gasteiger partial charge in [0.25, 0.3) is 0 Å². The van der Waals surface area contributed by atoms with E-state index in [1.807, 2.05) is 54.6 Å². The van der Waals surface area contributed by atoms with Gasteiger partial charge in [-0.3, -0.25) is 0 Å². The number of benzene rings is 2. The van der Waals surface area contributed by atoms with E-state index in [9.17, 15) is 8.42 Å². The first-order chi connectivity index (χ1) is 8.54. The molecule has 0 aliphatic heterocycles. The Bertz CT molecular complexity index is 644. The van der Waals surface area contributed by atoms with E-state index in [1.54, 1.807) is 0 Å². The van der Waals surface area contributed by atoms with Gasteiger partial charge >= 0.3 is 0 Å². The molecule has 0 atom stereocenters. The molecule has 2 aromatic carbocycles. The van der Waals surface area contributed by atoms with Gasteiger partial charge in [-0.15, -0.1) is 0 Å². The van der Waals surface area contributed by atoms with Crippen molar-refractivity contribution in [2.75, 3.05) is 0 Å². The summed E-state index contributed by atoms with van der Waals surface area (Å²) in [6.07, 6.45) is 1.48. The zero-order chi connectivity index (χ0) is 13.0. The van der Waals surface area contributed by atoms with Gasteiger partial charge in [-0.05, 0) is 22.8 Å². The standard InChI is InChI=1S/C14H13NO2S/c15-18(16,17)11-10-12-6-8-14(9-7-12)13-4-2-1-3-5-13/h1-11H,(H2,15,16,17). The molecule has 3 nitrogen and oxygen atoms in total. The second kappa shape index (κ2) is 5.16. The highest BCUT2D eigenvalue weighted by atomic mass is 32.2. The summed E-state index contributed by atoms with van der Waals surface area (Å²) >= 11 is 0. The summed E-state index contributed by atoms with van der Waals surface area (Å²) in [5, 5.41) is 5.88. The van der Waals surface area contributed by atoms with Crippen LogP contribution in [0.4, 0.5) is 0 Å². The average Bonchev–Trinajstić information content (AvgIpc) is 2.37. The molecule has 0 unspecified atom stereocenters. The zero-order valence-electron chi connectivity index (χ0n) is 9.65. The molecule has 2 rings (SSSR count). The lowest BCUT2D eigenvalue weighted by Crippen LogP contribution is -2.06. The first kappa shape index (κ1) is 12.5. The molecular formula is C14H13NO2S. The predicted octanol–water partition coefficient (Wildman–Crippen LogP) is 2.61. The highest BCUT2D eigenvalue weighted by molar-refractivity contribution is 7.92. The van der Waals surface area contributed by atoms with E-state index in [4.69, 9.17) is 5.14 Å². The molecule has 0 spiro atoms. The van der Waals surface area contributed by atoms with Gasteiger partial charge in [0.05, 0.1) is 0 Å². The Morgan fingerprint density at radius 2 is 1.39 bits per heavy atom. The molecule has 0 heterocycles. The average molecular weight is 259 g/mol. The summed E-state index contributed by atoms with van der Waals surface area (Å²) in [5.41, 5.74) is 3.01. The van der Waals surface area contributed by atoms with Crippen molar-refractivity contribution >= 4 is 16.1 Å². The summed E-state index contributed by atoms with van der Waals surface area (Å²) < 4.78 is 21.6. The highest BCUT2D eigenvalue weighted by Gasteiger charge is 1.97. The van der Waals surface area contributed by atoms with Crippen molar-refractivity contribution in [3.63, 3.8) is 0 Å². The Balaban J connectivity index is 2.24. The predicted molar refractivity (Wildman–Crippen MR) is 74.0 cm³/mol. The van der Waals surface area contributed by atoms with Crippen LogP contribution in [0.25, 0.3) is 17.2 Å². The minimum absolute atomic E-state index is 0.795. The smallest absolute Gasteiger partial charge is 0.225 e. The van der Waals surface area contributed by atoms with E-state index in [-0.39, 0.29) is 0 Å². The lowest BCUT2D eigenvalue weighted by atomic mass is 10.0. The molecule has 0 saturated carbocycles. The van der Waals surface area contributed by atoms with Crippen molar-refractivity contribution in [3.05, 3.63) is 65.6 Å². The van der Waals surface area contributed by atoms with Crippen LogP contribution in [0.3, 0.4) is 0 Å². The van der Waals surface area contributed by atoms with Gasteiger partial charge in [0, 0.05) is 5.41 Å². The van der Waals surface area contributed by atoms with Crippen molar-refractivity contribution in [3.8, 4) is 11.1 Å². The van der Waals surface area contributed by atoms with Crippen LogP contribution in [-0.4, -0.2) is 8.42 Å². The Morgan fingerprint density at radius 3 is 1.94 bits per heavy atom. The van der Waals surface area contributed by atoms with E-state index in [1.165, 1.54) is 6.08 Å². The fourth-order valence-electron chi connectivity index (χ4n) is 1.59. The number of hydrogen-bond acceptors (Lipinski definition) is 2. The first-order valence-electron chi connectivity index (χ1n) is 5.41. The molecule has 2 N–H and O–H groups in total. The minimum atomic E-state index is -3.57. The van der Waals surface area contributed by atoms with Crippen LogP contribution in [0.2, 0.25) is 0 Å². The molecule has 0 fully saturated rings. The Morgan fingerprint density at radius 1 is 0.833 bits per heavy atom. The molecule has 18 heavy (non-hydrogen) atoms. The summed E-state index contributed by atoms with van der Waals surface area (Å²) in [6, 6.07) is 17.6. The van der Waals surface area contributed by atoms with Gasteiger partial charge in [0.15, 0.2) is 0 Å². The third kappa shape index (κ3) is 3.55. The Kier molecular flexibility index (Phi) is 3.60. The van der Waals surface area contributed by atoms with Crippen LogP contribution in [0, 0.1) is 0 Å². The molecule has 0 aromatic heterocycles. The summed E-state index contributed by atoms with van der Waals surface area (Å²) in [5.74, 6) is 0. The van der Waals surface area contributed by atoms with Crippen LogP contribution >= 0.6 is 0 Å². The fourth-order valence-corrected chi connectivity index (χ4v) is 1.94. The van der Waals surface area contributed by atoms with Crippen molar-refractivity contribution in [2.45, 2.75) is 0 Å². The van der Waals surface area contributed by atoms with Crippen LogP contribution < -0.4 is 5.14 Å². The maximum Gasteiger partial charge on any atom is 0.231 e. The molecule has 4 heteroatoms. The topological polar surface area (TPSA) is 60.2 Å². The molecule has 0 amide bonds. The summed E-state index contributed by atoms with van der Waals surface area (Å²) in [4.78, 5) is 0. The van der Waals surface area contributed by atoms with Gasteiger partial charge < -0.3 is 0 Å². The van der Waals surface area contributed by atoms with Crippen molar-refractivity contribution in [1.29, 1.82) is 0 Å². The lowest BCUT2D eigenvalue weighted by Gasteiger charge is -2.01. The minimum Gasteiger partial charge on any atom is -0.225 e. The summed E-state index contributed by atoms with van der Waals surface area (Å²) in [7, 11) is -3.57. The van der Waals surface area contributed by atoms with E-state index < -0.39 is 10.0 Å². The van der Waals surface area contributed by atoms with Crippen LogP contribution in [0.15, 0.2) is 60.0 Å². The molecular weight excluding hydrogens is 246 g/mol. The molecule has 0 aliphatic rings. The van der Waals surface area contributed by atoms with Crippen molar-refractivity contribution in [2.24, 2.45) is 5.14 Å². The third-order valence-electron chi connectivity index (χ3n) is 2.47. The lowest BCUT2D eigenvalue weighted by molar-refractivity contribution is 0.606. The Labute approximate surface area is 107 Å². The molecule has 2 aromatic rings. The maximum absolute atomic E-state index is 10.8. The molecule has 0 saturated heterocycles. The zero-order valence-corrected chi connectivity index (χ0v) is 10.5. The first-order valence-corrected chi connectivity index (χ1v) is 7.02. The van der Waals surface area contributed by atoms with Crippen molar-refractivity contribution in [1.82, 2.24) is 0 Å². The quantitative estimate of drug-likeness (QED) is 0.921. The fraction of sp³-hybridized carbons (Fsp3) is 0. The second-order valence-electron chi connectivity index (χ2n) is 3.88. The van der Waals surface area contributed by atoms with E-state index >= 15 is 0 Å². The summed E-state index contributed by atoms with van der Waals surface area (Å²) in [6.45, 7) is 0. The maximum atomic E-state index is 10.8. The van der Waals surface area contributed by atoms with Gasteiger partial charge in [0.1, 0.15) is 0 Å². The Hall–Kier alpha value is -1.91. The van der Waals surface area contributed by atoms with Gasteiger partial charge in [-0.1, -0.05) is 54.6 Å². The van der Waals surface area contributed by atoms with E-state index in [0.717, 1.165) is 22.1 Å². The number of nitrogens with two attached hydrogens (primary N) is 1. The SMILES string of the molecule is NS(=O)(=O)C=Cc1ccc(-c2ccccc2)cc1. The van der Waals surface area contributed by atoms with Crippen LogP contribution in [-0.2, 0) is 10.0 Å². The van der Waals surface area contributed by atoms with E-state index in [2.05, 4.69) is 0 Å².